The van der Waals surface area contributed by atoms with Crippen molar-refractivity contribution in [2.45, 2.75) is 42.9 Å². The molecule has 1 aliphatic carbocycles. The summed E-state index contributed by atoms with van der Waals surface area (Å²) in [6.45, 7) is 2.07. The molecule has 2 aromatic rings. The molecule has 2 amide bonds. The van der Waals surface area contributed by atoms with Gasteiger partial charge in [0, 0.05) is 17.1 Å². The standard InChI is InChI=1S/C20H24N4O2S/c1-14-8-10-15(11-9-14)22-13-18(25)23-24-19(26)17-7-4-12-21-20(17)27-16-5-2-3-6-16/h4,7-12,16,22H,2-3,5-6,13H2,1H3,(H,23,25)(H,24,26). The number of benzene rings is 1. The van der Waals surface area contributed by atoms with Crippen LogP contribution in [0.3, 0.4) is 0 Å². The molecule has 7 heteroatoms. The zero-order chi connectivity index (χ0) is 19.1. The first-order valence-electron chi connectivity index (χ1n) is 9.13. The number of hydrazine groups is 1. The van der Waals surface area contributed by atoms with E-state index in [2.05, 4.69) is 21.2 Å². The molecule has 0 bridgehead atoms. The Labute approximate surface area is 163 Å². The second kappa shape index (κ2) is 9.41. The van der Waals surface area contributed by atoms with Crippen molar-refractivity contribution in [3.05, 3.63) is 53.7 Å². The molecule has 1 saturated carbocycles. The number of hydrogen-bond donors (Lipinski definition) is 3. The number of nitrogens with zero attached hydrogens (tertiary/aromatic N) is 1. The molecule has 142 valence electrons. The van der Waals surface area contributed by atoms with Gasteiger partial charge in [-0.1, -0.05) is 30.5 Å². The number of carbonyl (C=O) groups is 2. The van der Waals surface area contributed by atoms with Gasteiger partial charge < -0.3 is 5.32 Å². The molecule has 1 aromatic heterocycles. The van der Waals surface area contributed by atoms with Gasteiger partial charge in [0.05, 0.1) is 12.1 Å². The van der Waals surface area contributed by atoms with Gasteiger partial charge in [0.1, 0.15) is 5.03 Å². The number of pyridine rings is 1. The summed E-state index contributed by atoms with van der Waals surface area (Å²) in [7, 11) is 0. The minimum atomic E-state index is -0.354. The maximum absolute atomic E-state index is 12.5. The molecule has 0 spiro atoms. The van der Waals surface area contributed by atoms with Crippen molar-refractivity contribution in [2.24, 2.45) is 0 Å². The Bertz CT molecular complexity index is 789. The Kier molecular flexibility index (Phi) is 6.70. The molecule has 0 radical (unpaired) electrons. The van der Waals surface area contributed by atoms with Crippen molar-refractivity contribution in [3.63, 3.8) is 0 Å². The van der Waals surface area contributed by atoms with E-state index in [1.54, 1.807) is 30.1 Å². The summed E-state index contributed by atoms with van der Waals surface area (Å²) in [6.07, 6.45) is 6.47. The number of carbonyl (C=O) groups excluding carboxylic acids is 2. The predicted octanol–water partition coefficient (Wildman–Crippen LogP) is 3.30. The summed E-state index contributed by atoms with van der Waals surface area (Å²) in [5, 5.41) is 4.25. The van der Waals surface area contributed by atoms with E-state index < -0.39 is 0 Å². The van der Waals surface area contributed by atoms with E-state index in [4.69, 9.17) is 0 Å². The van der Waals surface area contributed by atoms with E-state index in [1.165, 1.54) is 12.8 Å². The molecule has 1 aliphatic rings. The number of nitrogens with one attached hydrogen (secondary N) is 3. The van der Waals surface area contributed by atoms with E-state index >= 15 is 0 Å². The van der Waals surface area contributed by atoms with Gasteiger partial charge in [0.2, 0.25) is 0 Å². The number of aromatic nitrogens is 1. The molecule has 27 heavy (non-hydrogen) atoms. The van der Waals surface area contributed by atoms with Crippen molar-refractivity contribution >= 4 is 29.3 Å². The van der Waals surface area contributed by atoms with Crippen LogP contribution >= 0.6 is 11.8 Å². The normalized spacial score (nSPS) is 14.0. The second-order valence-electron chi connectivity index (χ2n) is 6.60. The van der Waals surface area contributed by atoms with E-state index in [9.17, 15) is 9.59 Å². The lowest BCUT2D eigenvalue weighted by Gasteiger charge is -2.13. The number of aryl methyl sites for hydroxylation is 1. The highest BCUT2D eigenvalue weighted by molar-refractivity contribution is 7.99. The van der Waals surface area contributed by atoms with Crippen LogP contribution in [-0.2, 0) is 4.79 Å². The van der Waals surface area contributed by atoms with Crippen LogP contribution in [0.2, 0.25) is 0 Å². The van der Waals surface area contributed by atoms with Crippen LogP contribution in [0, 0.1) is 6.92 Å². The zero-order valence-electron chi connectivity index (χ0n) is 15.3. The first kappa shape index (κ1) is 19.2. The van der Waals surface area contributed by atoms with E-state index in [1.807, 2.05) is 31.2 Å². The van der Waals surface area contributed by atoms with E-state index in [0.29, 0.717) is 15.8 Å². The molecule has 0 unspecified atom stereocenters. The Morgan fingerprint density at radius 1 is 1.11 bits per heavy atom. The summed E-state index contributed by atoms with van der Waals surface area (Å²) in [5.74, 6) is -0.676. The van der Waals surface area contributed by atoms with Crippen LogP contribution in [-0.4, -0.2) is 28.6 Å². The predicted molar refractivity (Wildman–Crippen MR) is 108 cm³/mol. The van der Waals surface area contributed by atoms with Crippen LogP contribution < -0.4 is 16.2 Å². The minimum absolute atomic E-state index is 0.0695. The molecular weight excluding hydrogens is 360 g/mol. The molecule has 0 saturated heterocycles. The minimum Gasteiger partial charge on any atom is -0.376 e. The third-order valence-electron chi connectivity index (χ3n) is 4.42. The van der Waals surface area contributed by atoms with Gasteiger partial charge in [-0.2, -0.15) is 0 Å². The molecule has 0 aliphatic heterocycles. The van der Waals surface area contributed by atoms with Crippen LogP contribution in [0.1, 0.15) is 41.6 Å². The van der Waals surface area contributed by atoms with Gasteiger partial charge in [0.25, 0.3) is 11.8 Å². The fourth-order valence-electron chi connectivity index (χ4n) is 2.91. The van der Waals surface area contributed by atoms with Gasteiger partial charge in [-0.25, -0.2) is 4.98 Å². The first-order valence-corrected chi connectivity index (χ1v) is 10.0. The third-order valence-corrected chi connectivity index (χ3v) is 5.77. The quantitative estimate of drug-likeness (QED) is 0.666. The van der Waals surface area contributed by atoms with Gasteiger partial charge >= 0.3 is 0 Å². The average molecular weight is 385 g/mol. The van der Waals surface area contributed by atoms with Crippen molar-refractivity contribution in [1.29, 1.82) is 0 Å². The van der Waals surface area contributed by atoms with Gasteiger partial charge in [-0.05, 0) is 44.0 Å². The van der Waals surface area contributed by atoms with E-state index in [-0.39, 0.29) is 18.4 Å². The topological polar surface area (TPSA) is 83.1 Å². The molecule has 1 aromatic carbocycles. The lowest BCUT2D eigenvalue weighted by molar-refractivity contribution is -0.120. The molecular formula is C20H24N4O2S. The smallest absolute Gasteiger partial charge is 0.272 e. The average Bonchev–Trinajstić information content (AvgIpc) is 3.19. The summed E-state index contributed by atoms with van der Waals surface area (Å²) in [5.41, 5.74) is 7.41. The highest BCUT2D eigenvalue weighted by Gasteiger charge is 2.20. The number of amides is 2. The van der Waals surface area contributed by atoms with E-state index in [0.717, 1.165) is 24.1 Å². The maximum atomic E-state index is 12.5. The number of rotatable bonds is 6. The summed E-state index contributed by atoms with van der Waals surface area (Å²) >= 11 is 1.65. The van der Waals surface area contributed by atoms with Crippen molar-refractivity contribution < 1.29 is 9.59 Å². The fourth-order valence-corrected chi connectivity index (χ4v) is 4.21. The summed E-state index contributed by atoms with van der Waals surface area (Å²) in [6, 6.07) is 11.2. The van der Waals surface area contributed by atoms with Crippen molar-refractivity contribution in [1.82, 2.24) is 15.8 Å². The summed E-state index contributed by atoms with van der Waals surface area (Å²) < 4.78 is 0. The lowest BCUT2D eigenvalue weighted by atomic mass is 10.2. The number of thioether (sulfide) groups is 1. The highest BCUT2D eigenvalue weighted by atomic mass is 32.2. The first-order chi connectivity index (χ1) is 13.1. The lowest BCUT2D eigenvalue weighted by Crippen LogP contribution is -2.44. The molecule has 3 rings (SSSR count). The summed E-state index contributed by atoms with van der Waals surface area (Å²) in [4.78, 5) is 28.8. The number of anilines is 1. The molecule has 1 fully saturated rings. The Balaban J connectivity index is 1.49. The maximum Gasteiger partial charge on any atom is 0.272 e. The van der Waals surface area contributed by atoms with Crippen LogP contribution in [0.15, 0.2) is 47.6 Å². The SMILES string of the molecule is Cc1ccc(NCC(=O)NNC(=O)c2cccnc2SC2CCCC2)cc1. The van der Waals surface area contributed by atoms with Crippen LogP contribution in [0.25, 0.3) is 0 Å². The van der Waals surface area contributed by atoms with Crippen molar-refractivity contribution in [2.75, 3.05) is 11.9 Å². The van der Waals surface area contributed by atoms with Gasteiger partial charge in [-0.15, -0.1) is 11.8 Å². The van der Waals surface area contributed by atoms with Crippen LogP contribution in [0.4, 0.5) is 5.69 Å². The Morgan fingerprint density at radius 3 is 2.59 bits per heavy atom. The molecule has 6 nitrogen and oxygen atoms in total. The Morgan fingerprint density at radius 2 is 1.85 bits per heavy atom. The van der Waals surface area contributed by atoms with Crippen molar-refractivity contribution in [3.8, 4) is 0 Å². The van der Waals surface area contributed by atoms with Gasteiger partial charge in [-0.3, -0.25) is 20.4 Å². The molecule has 3 N–H and O–H groups in total. The molecule has 1 heterocycles. The van der Waals surface area contributed by atoms with Crippen LogP contribution in [0.5, 0.6) is 0 Å². The fraction of sp³-hybridized carbons (Fsp3) is 0.350. The monoisotopic (exact) mass is 384 g/mol. The third kappa shape index (κ3) is 5.72. The highest BCUT2D eigenvalue weighted by Crippen LogP contribution is 2.35. The Hall–Kier alpha value is -2.54. The number of hydrogen-bond acceptors (Lipinski definition) is 5. The van der Waals surface area contributed by atoms with Gasteiger partial charge in [0.15, 0.2) is 0 Å². The second-order valence-corrected chi connectivity index (χ2v) is 7.89. The largest absolute Gasteiger partial charge is 0.376 e. The molecule has 0 atom stereocenters. The zero-order valence-corrected chi connectivity index (χ0v) is 16.1.